The van der Waals surface area contributed by atoms with E-state index >= 15 is 0 Å². The zero-order valence-electron chi connectivity index (χ0n) is 14.0. The van der Waals surface area contributed by atoms with Crippen molar-refractivity contribution >= 4 is 15.9 Å². The summed E-state index contributed by atoms with van der Waals surface area (Å²) in [6.07, 6.45) is 0.184. The lowest BCUT2D eigenvalue weighted by Crippen LogP contribution is -2.47. The Labute approximate surface area is 138 Å². The van der Waals surface area contributed by atoms with E-state index in [0.717, 1.165) is 29.8 Å². The van der Waals surface area contributed by atoms with Gasteiger partial charge in [0.25, 0.3) is 0 Å². The summed E-state index contributed by atoms with van der Waals surface area (Å²) in [4.78, 5) is 14.2. The molecule has 1 aromatic carbocycles. The zero-order valence-corrected chi connectivity index (χ0v) is 14.8. The summed E-state index contributed by atoms with van der Waals surface area (Å²) in [7, 11) is -3.60. The van der Waals surface area contributed by atoms with Gasteiger partial charge in [-0.1, -0.05) is 17.7 Å². The van der Waals surface area contributed by atoms with Crippen molar-refractivity contribution in [2.75, 3.05) is 32.7 Å². The molecule has 1 amide bonds. The largest absolute Gasteiger partial charge is 0.340 e. The first-order valence-electron chi connectivity index (χ1n) is 7.87. The minimum atomic E-state index is -3.60. The van der Waals surface area contributed by atoms with Crippen LogP contribution in [-0.2, 0) is 14.8 Å². The number of nitrogens with zero attached hydrogens (tertiary/aromatic N) is 1. The lowest BCUT2D eigenvalue weighted by Gasteiger charge is -2.27. The van der Waals surface area contributed by atoms with Crippen LogP contribution < -0.4 is 10.0 Å². The Kier molecular flexibility index (Phi) is 5.78. The van der Waals surface area contributed by atoms with Crippen molar-refractivity contribution in [2.45, 2.75) is 32.1 Å². The molecule has 128 valence electrons. The highest BCUT2D eigenvalue weighted by Crippen LogP contribution is 2.21. The van der Waals surface area contributed by atoms with E-state index in [-0.39, 0.29) is 18.9 Å². The lowest BCUT2D eigenvalue weighted by atomic mass is 10.1. The number of carbonyl (C=O) groups is 1. The Bertz CT molecular complexity index is 657. The molecule has 0 unspecified atom stereocenters. The van der Waals surface area contributed by atoms with E-state index in [4.69, 9.17) is 0 Å². The van der Waals surface area contributed by atoms with Crippen molar-refractivity contribution in [1.82, 2.24) is 14.9 Å². The Hall–Kier alpha value is -1.44. The highest BCUT2D eigenvalue weighted by molar-refractivity contribution is 7.89. The Morgan fingerprint density at radius 3 is 2.30 bits per heavy atom. The van der Waals surface area contributed by atoms with Gasteiger partial charge in [-0.15, -0.1) is 0 Å². The lowest BCUT2D eigenvalue weighted by molar-refractivity contribution is -0.131. The number of hydrogen-bond acceptors (Lipinski definition) is 4. The van der Waals surface area contributed by atoms with Crippen LogP contribution in [0, 0.1) is 20.8 Å². The van der Waals surface area contributed by atoms with E-state index in [1.807, 2.05) is 19.1 Å². The van der Waals surface area contributed by atoms with Crippen molar-refractivity contribution in [3.05, 3.63) is 28.8 Å². The maximum Gasteiger partial charge on any atom is 0.241 e. The van der Waals surface area contributed by atoms with Crippen LogP contribution in [0.5, 0.6) is 0 Å². The molecule has 1 fully saturated rings. The standard InChI is InChI=1S/C16H25N3O3S/c1-12-10-13(2)16(14(3)11-12)23(21,22)18-5-4-15(20)19-8-6-17-7-9-19/h10-11,17-18H,4-9H2,1-3H3. The smallest absolute Gasteiger partial charge is 0.241 e. The number of piperazine rings is 1. The molecule has 0 bridgehead atoms. The summed E-state index contributed by atoms with van der Waals surface area (Å²) < 4.78 is 27.5. The summed E-state index contributed by atoms with van der Waals surface area (Å²) in [5.74, 6) is -0.00782. The number of aryl methyl sites for hydroxylation is 3. The van der Waals surface area contributed by atoms with E-state index in [1.165, 1.54) is 0 Å². The van der Waals surface area contributed by atoms with Crippen LogP contribution in [0.15, 0.2) is 17.0 Å². The first kappa shape index (κ1) is 17.9. The highest BCUT2D eigenvalue weighted by Gasteiger charge is 2.21. The van der Waals surface area contributed by atoms with Crippen LogP contribution >= 0.6 is 0 Å². The molecular formula is C16H25N3O3S. The predicted octanol–water partition coefficient (Wildman–Crippen LogP) is 0.712. The van der Waals surface area contributed by atoms with Gasteiger partial charge >= 0.3 is 0 Å². The third kappa shape index (κ3) is 4.53. The number of rotatable bonds is 5. The molecular weight excluding hydrogens is 314 g/mol. The molecule has 2 rings (SSSR count). The number of nitrogens with one attached hydrogen (secondary N) is 2. The second-order valence-corrected chi connectivity index (χ2v) is 7.71. The number of benzene rings is 1. The molecule has 23 heavy (non-hydrogen) atoms. The fraction of sp³-hybridized carbons (Fsp3) is 0.562. The molecule has 0 atom stereocenters. The third-order valence-corrected chi connectivity index (χ3v) is 5.74. The third-order valence-electron chi connectivity index (χ3n) is 3.97. The molecule has 6 nitrogen and oxygen atoms in total. The topological polar surface area (TPSA) is 78.5 Å². The van der Waals surface area contributed by atoms with Crippen molar-refractivity contribution in [3.8, 4) is 0 Å². The van der Waals surface area contributed by atoms with E-state index < -0.39 is 10.0 Å². The van der Waals surface area contributed by atoms with Gasteiger partial charge in [-0.05, 0) is 31.9 Å². The number of carbonyl (C=O) groups excluding carboxylic acids is 1. The molecule has 2 N–H and O–H groups in total. The molecule has 0 radical (unpaired) electrons. The number of hydrogen-bond donors (Lipinski definition) is 2. The normalized spacial score (nSPS) is 15.7. The van der Waals surface area contributed by atoms with Crippen molar-refractivity contribution < 1.29 is 13.2 Å². The molecule has 1 aliphatic heterocycles. The van der Waals surface area contributed by atoms with Gasteiger partial charge in [0.1, 0.15) is 0 Å². The fourth-order valence-electron chi connectivity index (χ4n) is 3.03. The van der Waals surface area contributed by atoms with Gasteiger partial charge in [0, 0.05) is 39.1 Å². The number of amides is 1. The van der Waals surface area contributed by atoms with Gasteiger partial charge in [0.2, 0.25) is 15.9 Å². The SMILES string of the molecule is Cc1cc(C)c(S(=O)(=O)NCCC(=O)N2CCNCC2)c(C)c1. The Morgan fingerprint density at radius 2 is 1.74 bits per heavy atom. The van der Waals surface area contributed by atoms with Gasteiger partial charge in [0.15, 0.2) is 0 Å². The number of sulfonamides is 1. The summed E-state index contributed by atoms with van der Waals surface area (Å²) in [5, 5.41) is 3.18. The average molecular weight is 339 g/mol. The molecule has 0 aliphatic carbocycles. The zero-order chi connectivity index (χ0) is 17.0. The molecule has 0 saturated carbocycles. The van der Waals surface area contributed by atoms with Crippen LogP contribution in [0.1, 0.15) is 23.1 Å². The summed E-state index contributed by atoms with van der Waals surface area (Å²) in [6, 6.07) is 3.71. The van der Waals surface area contributed by atoms with E-state index in [1.54, 1.807) is 18.7 Å². The summed E-state index contributed by atoms with van der Waals surface area (Å²) in [5.41, 5.74) is 2.49. The molecule has 1 saturated heterocycles. The molecule has 1 heterocycles. The van der Waals surface area contributed by atoms with Gasteiger partial charge in [-0.2, -0.15) is 0 Å². The Balaban J connectivity index is 1.98. The van der Waals surface area contributed by atoms with E-state index in [9.17, 15) is 13.2 Å². The minimum Gasteiger partial charge on any atom is -0.340 e. The van der Waals surface area contributed by atoms with Gasteiger partial charge in [0.05, 0.1) is 4.90 Å². The summed E-state index contributed by atoms with van der Waals surface area (Å²) in [6.45, 7) is 8.59. The molecule has 7 heteroatoms. The maximum atomic E-state index is 12.5. The van der Waals surface area contributed by atoms with Gasteiger partial charge in [-0.3, -0.25) is 4.79 Å². The maximum absolute atomic E-state index is 12.5. The second kappa shape index (κ2) is 7.42. The van der Waals surface area contributed by atoms with Crippen molar-refractivity contribution in [3.63, 3.8) is 0 Å². The van der Waals surface area contributed by atoms with Crippen LogP contribution in [0.2, 0.25) is 0 Å². The van der Waals surface area contributed by atoms with E-state index in [0.29, 0.717) is 18.0 Å². The summed E-state index contributed by atoms with van der Waals surface area (Å²) >= 11 is 0. The second-order valence-electron chi connectivity index (χ2n) is 6.01. The Morgan fingerprint density at radius 1 is 1.17 bits per heavy atom. The van der Waals surface area contributed by atoms with Gasteiger partial charge in [-0.25, -0.2) is 13.1 Å². The quantitative estimate of drug-likeness (QED) is 0.828. The van der Waals surface area contributed by atoms with Crippen LogP contribution in [0.25, 0.3) is 0 Å². The van der Waals surface area contributed by atoms with Crippen molar-refractivity contribution in [1.29, 1.82) is 0 Å². The van der Waals surface area contributed by atoms with Gasteiger partial charge < -0.3 is 10.2 Å². The van der Waals surface area contributed by atoms with E-state index in [2.05, 4.69) is 10.0 Å². The minimum absolute atomic E-state index is 0.00782. The highest BCUT2D eigenvalue weighted by atomic mass is 32.2. The first-order valence-corrected chi connectivity index (χ1v) is 9.35. The van der Waals surface area contributed by atoms with Crippen molar-refractivity contribution in [2.24, 2.45) is 0 Å². The molecule has 1 aliphatic rings. The van der Waals surface area contributed by atoms with Crippen LogP contribution in [0.3, 0.4) is 0 Å². The fourth-order valence-corrected chi connectivity index (χ4v) is 4.51. The van der Waals surface area contributed by atoms with Crippen LogP contribution in [-0.4, -0.2) is 51.9 Å². The monoisotopic (exact) mass is 339 g/mol. The first-order chi connectivity index (χ1) is 10.8. The molecule has 1 aromatic rings. The molecule has 0 spiro atoms. The predicted molar refractivity (Wildman–Crippen MR) is 89.9 cm³/mol. The van der Waals surface area contributed by atoms with Crippen LogP contribution in [0.4, 0.5) is 0 Å². The average Bonchev–Trinajstić information content (AvgIpc) is 2.46. The molecule has 0 aromatic heterocycles.